The molecule has 0 aromatic carbocycles. The highest BCUT2D eigenvalue weighted by molar-refractivity contribution is 6.31. The molecule has 1 unspecified atom stereocenters. The molecule has 3 saturated carbocycles. The summed E-state index contributed by atoms with van der Waals surface area (Å²) in [6, 6.07) is 0. The number of ketones is 2. The number of ether oxygens (including phenoxy) is 1. The van der Waals surface area contributed by atoms with Gasteiger partial charge in [0.1, 0.15) is 0 Å². The topological polar surface area (TPSA) is 101 Å². The SMILES string of the molecule is CC(=O)O[C@]1(C(=O)C(O)Cl)[C@H](C)C[C@H]2[C@@H]3CCC4=CC(=O)C=C[C@]4(C)[C@@]3(F)[C@@H](O)C[C@@]21C. The zero-order valence-electron chi connectivity index (χ0n) is 18.7. The second kappa shape index (κ2) is 7.21. The Labute approximate surface area is 191 Å². The first-order valence-corrected chi connectivity index (χ1v) is 11.6. The number of aliphatic hydroxyl groups is 2. The maximum atomic E-state index is 17.1. The van der Waals surface area contributed by atoms with Gasteiger partial charge in [0.15, 0.2) is 22.6 Å². The van der Waals surface area contributed by atoms with Crippen LogP contribution in [0.4, 0.5) is 4.39 Å². The lowest BCUT2D eigenvalue weighted by Crippen LogP contribution is -2.70. The maximum Gasteiger partial charge on any atom is 0.303 e. The molecule has 0 spiro atoms. The summed E-state index contributed by atoms with van der Waals surface area (Å²) in [4.78, 5) is 37.3. The largest absolute Gasteiger partial charge is 0.450 e. The van der Waals surface area contributed by atoms with Crippen LogP contribution in [-0.4, -0.2) is 50.7 Å². The van der Waals surface area contributed by atoms with Crippen molar-refractivity contribution >= 4 is 29.1 Å². The molecular weight excluding hydrogens is 439 g/mol. The highest BCUT2D eigenvalue weighted by atomic mass is 35.5. The summed E-state index contributed by atoms with van der Waals surface area (Å²) < 4.78 is 22.8. The van der Waals surface area contributed by atoms with Crippen molar-refractivity contribution in [2.45, 2.75) is 76.3 Å². The van der Waals surface area contributed by atoms with E-state index in [4.69, 9.17) is 16.3 Å². The number of aliphatic hydroxyl groups excluding tert-OH is 2. The summed E-state index contributed by atoms with van der Waals surface area (Å²) in [5.74, 6) is -3.32. The Morgan fingerprint density at radius 1 is 1.31 bits per heavy atom. The van der Waals surface area contributed by atoms with Gasteiger partial charge in [0.25, 0.3) is 0 Å². The molecule has 3 fully saturated rings. The van der Waals surface area contributed by atoms with Crippen LogP contribution in [0.15, 0.2) is 23.8 Å². The Hall–Kier alpha value is -1.57. The molecule has 4 aliphatic carbocycles. The molecule has 0 saturated heterocycles. The first-order chi connectivity index (χ1) is 14.8. The average molecular weight is 469 g/mol. The third-order valence-corrected chi connectivity index (χ3v) is 9.27. The number of halogens is 2. The molecule has 6 nitrogen and oxygen atoms in total. The van der Waals surface area contributed by atoms with Crippen molar-refractivity contribution in [3.63, 3.8) is 0 Å². The first-order valence-electron chi connectivity index (χ1n) is 11.1. The minimum absolute atomic E-state index is 0.151. The maximum absolute atomic E-state index is 17.1. The molecular formula is C24H30ClFO6. The lowest BCUT2D eigenvalue weighted by molar-refractivity contribution is -0.228. The summed E-state index contributed by atoms with van der Waals surface area (Å²) in [6.45, 7) is 6.37. The summed E-state index contributed by atoms with van der Waals surface area (Å²) in [5, 5.41) is 21.3. The fourth-order valence-corrected chi connectivity index (χ4v) is 7.89. The Morgan fingerprint density at radius 2 is 1.97 bits per heavy atom. The molecule has 8 heteroatoms. The van der Waals surface area contributed by atoms with Gasteiger partial charge >= 0.3 is 5.97 Å². The molecule has 2 N–H and O–H groups in total. The lowest BCUT2D eigenvalue weighted by atomic mass is 9.44. The highest BCUT2D eigenvalue weighted by Gasteiger charge is 2.77. The number of carbonyl (C=O) groups is 3. The van der Waals surface area contributed by atoms with E-state index in [1.165, 1.54) is 19.1 Å². The van der Waals surface area contributed by atoms with E-state index in [1.807, 2.05) is 0 Å². The van der Waals surface area contributed by atoms with Gasteiger partial charge < -0.3 is 14.9 Å². The van der Waals surface area contributed by atoms with Crippen LogP contribution in [0.5, 0.6) is 0 Å². The van der Waals surface area contributed by atoms with Crippen molar-refractivity contribution in [1.82, 2.24) is 0 Å². The van der Waals surface area contributed by atoms with Crippen LogP contribution in [0.1, 0.15) is 53.4 Å². The molecule has 0 amide bonds. The fraction of sp³-hybridized carbons (Fsp3) is 0.708. The van der Waals surface area contributed by atoms with Gasteiger partial charge in [-0.25, -0.2) is 4.39 Å². The smallest absolute Gasteiger partial charge is 0.303 e. The van der Waals surface area contributed by atoms with Crippen molar-refractivity contribution in [1.29, 1.82) is 0 Å². The third kappa shape index (κ3) is 2.67. The lowest BCUT2D eigenvalue weighted by Gasteiger charge is -2.62. The Morgan fingerprint density at radius 3 is 2.56 bits per heavy atom. The zero-order valence-corrected chi connectivity index (χ0v) is 19.5. The molecule has 0 aromatic rings. The van der Waals surface area contributed by atoms with Gasteiger partial charge in [0, 0.05) is 29.6 Å². The quantitative estimate of drug-likeness (QED) is 0.487. The third-order valence-electron chi connectivity index (χ3n) is 9.07. The predicted octanol–water partition coefficient (Wildman–Crippen LogP) is 3.03. The van der Waals surface area contributed by atoms with Gasteiger partial charge in [-0.05, 0) is 50.7 Å². The average Bonchev–Trinajstić information content (AvgIpc) is 2.90. The highest BCUT2D eigenvalue weighted by Crippen LogP contribution is 2.71. The molecule has 4 rings (SSSR count). The van der Waals surface area contributed by atoms with Crippen molar-refractivity contribution in [3.05, 3.63) is 23.8 Å². The van der Waals surface area contributed by atoms with Crippen LogP contribution in [0.2, 0.25) is 0 Å². The second-order valence-corrected chi connectivity index (χ2v) is 10.8. The Bertz CT molecular complexity index is 945. The Kier molecular flexibility index (Phi) is 5.32. The first kappa shape index (κ1) is 23.6. The Balaban J connectivity index is 1.87. The number of esters is 1. The minimum atomic E-state index is -2.06. The molecule has 0 aromatic heterocycles. The fourth-order valence-electron chi connectivity index (χ4n) is 7.73. The van der Waals surface area contributed by atoms with Gasteiger partial charge in [-0.2, -0.15) is 0 Å². The van der Waals surface area contributed by atoms with E-state index in [9.17, 15) is 24.6 Å². The molecule has 32 heavy (non-hydrogen) atoms. The van der Waals surface area contributed by atoms with E-state index < -0.39 is 63.3 Å². The van der Waals surface area contributed by atoms with Crippen LogP contribution in [-0.2, 0) is 19.1 Å². The van der Waals surface area contributed by atoms with Crippen LogP contribution in [0.25, 0.3) is 0 Å². The van der Waals surface area contributed by atoms with E-state index in [2.05, 4.69) is 0 Å². The molecule has 0 aliphatic heterocycles. The number of hydrogen-bond acceptors (Lipinski definition) is 6. The van der Waals surface area contributed by atoms with E-state index in [0.29, 0.717) is 24.8 Å². The predicted molar refractivity (Wildman–Crippen MR) is 114 cm³/mol. The zero-order chi connectivity index (χ0) is 23.9. The van der Waals surface area contributed by atoms with E-state index in [0.717, 1.165) is 0 Å². The second-order valence-electron chi connectivity index (χ2n) is 10.4. The van der Waals surface area contributed by atoms with Crippen LogP contribution in [0, 0.1) is 28.6 Å². The van der Waals surface area contributed by atoms with Crippen LogP contribution in [0.3, 0.4) is 0 Å². The van der Waals surface area contributed by atoms with Gasteiger partial charge in [0.2, 0.25) is 5.78 Å². The number of fused-ring (bicyclic) bond motifs is 5. The molecule has 0 bridgehead atoms. The summed E-state index contributed by atoms with van der Waals surface area (Å²) in [6.07, 6.45) is 3.99. The van der Waals surface area contributed by atoms with Gasteiger partial charge in [-0.3, -0.25) is 14.4 Å². The van der Waals surface area contributed by atoms with Gasteiger partial charge in [-0.1, -0.05) is 37.1 Å². The number of Topliss-reactive ketones (excluding diaryl/α,β-unsaturated/α-hetero) is 1. The monoisotopic (exact) mass is 468 g/mol. The summed E-state index contributed by atoms with van der Waals surface area (Å²) in [7, 11) is 0. The van der Waals surface area contributed by atoms with Gasteiger partial charge in [0.05, 0.1) is 6.10 Å². The van der Waals surface area contributed by atoms with E-state index in [-0.39, 0.29) is 12.2 Å². The summed E-state index contributed by atoms with van der Waals surface area (Å²) >= 11 is 5.80. The molecule has 9 atom stereocenters. The van der Waals surface area contributed by atoms with Gasteiger partial charge in [-0.15, -0.1) is 0 Å². The number of alkyl halides is 2. The molecule has 0 radical (unpaired) electrons. The van der Waals surface area contributed by atoms with Crippen molar-refractivity contribution in [3.8, 4) is 0 Å². The number of rotatable bonds is 3. The molecule has 4 aliphatic rings. The van der Waals surface area contributed by atoms with Crippen LogP contribution < -0.4 is 0 Å². The van der Waals surface area contributed by atoms with Crippen molar-refractivity contribution in [2.75, 3.05) is 0 Å². The summed E-state index contributed by atoms with van der Waals surface area (Å²) in [5.41, 5.74) is -7.36. The van der Waals surface area contributed by atoms with Crippen molar-refractivity contribution in [2.24, 2.45) is 28.6 Å². The molecule has 176 valence electrons. The number of hydrogen-bond donors (Lipinski definition) is 2. The van der Waals surface area contributed by atoms with E-state index in [1.54, 1.807) is 26.8 Å². The molecule has 0 heterocycles. The number of carbonyl (C=O) groups excluding carboxylic acids is 3. The number of allylic oxidation sites excluding steroid dienone is 4. The van der Waals surface area contributed by atoms with Crippen LogP contribution >= 0.6 is 11.6 Å². The normalized spacial score (nSPS) is 48.2. The van der Waals surface area contributed by atoms with E-state index >= 15 is 4.39 Å². The van der Waals surface area contributed by atoms with Crippen molar-refractivity contribution < 1.29 is 33.7 Å². The minimum Gasteiger partial charge on any atom is -0.450 e. The standard InChI is InChI=1S/C24H30ClFO6/c1-12-9-17-16-6-5-14-10-15(28)7-8-21(14,3)23(16,26)18(29)11-22(17,4)24(12,32-13(2)27)19(30)20(25)31/h7-8,10,12,16-18,20,29,31H,5-6,9,11H2,1-4H3/t12-,16+,17+,18+,20?,21+,22+,23+,24+/m1/s1.